The van der Waals surface area contributed by atoms with Crippen LogP contribution < -0.4 is 15.8 Å². The van der Waals surface area contributed by atoms with Crippen molar-refractivity contribution in [3.63, 3.8) is 0 Å². The van der Waals surface area contributed by atoms with Crippen LogP contribution in [0.25, 0.3) is 10.4 Å². The first-order chi connectivity index (χ1) is 19.0. The first-order valence-corrected chi connectivity index (χ1v) is 15.1. The number of rotatable bonds is 10. The fourth-order valence-electron chi connectivity index (χ4n) is 4.27. The number of nitrogens with one attached hydrogen (secondary N) is 1. The van der Waals surface area contributed by atoms with Gasteiger partial charge in [-0.05, 0) is 69.0 Å². The topological polar surface area (TPSA) is 114 Å². The number of thiophene rings is 1. The van der Waals surface area contributed by atoms with Gasteiger partial charge in [0.25, 0.3) is 0 Å². The number of anilines is 2. The van der Waals surface area contributed by atoms with Crippen molar-refractivity contribution in [2.24, 2.45) is 0 Å². The summed E-state index contributed by atoms with van der Waals surface area (Å²) in [4.78, 5) is 24.8. The Morgan fingerprint density at radius 2 is 1.88 bits per heavy atom. The number of carboxylic acids is 1. The number of piperidine rings is 1. The van der Waals surface area contributed by atoms with Crippen molar-refractivity contribution < 1.29 is 24.2 Å². The quantitative estimate of drug-likeness (QED) is 0.121. The second-order valence-corrected chi connectivity index (χ2v) is 13.0. The van der Waals surface area contributed by atoms with Gasteiger partial charge in [-0.1, -0.05) is 55.2 Å². The number of benzene rings is 2. The maximum absolute atomic E-state index is 12.9. The number of hydrogen-bond acceptors (Lipinski definition) is 9. The van der Waals surface area contributed by atoms with Gasteiger partial charge in [-0.15, -0.1) is 11.3 Å². The Hall–Kier alpha value is -2.92. The lowest BCUT2D eigenvalue weighted by Crippen LogP contribution is -2.35. The number of nitrogen functional groups attached to an aromatic ring is 1. The minimum atomic E-state index is -1.17. The maximum Gasteiger partial charge on any atom is 0.352 e. The molecule has 0 unspecified atom stereocenters. The van der Waals surface area contributed by atoms with Gasteiger partial charge in [0.2, 0.25) is 0 Å². The van der Waals surface area contributed by atoms with Crippen molar-refractivity contribution in [1.82, 2.24) is 4.31 Å². The van der Waals surface area contributed by atoms with E-state index in [-0.39, 0.29) is 23.1 Å². The Balaban J connectivity index is 0.00000462. The fourth-order valence-corrected chi connectivity index (χ4v) is 6.69. The standard InChI is InChI=1S/C29H34ClN3O5S2.CH4/c1-29(2,3)38-28(36)27-25(37-16-23(34)35)24(30)26(40-27)19-7-5-9-22(15-19)32-21-10-12-33(13-11-21)39-17-18-6-4-8-20(31)14-18;/h4-9,14-15,21,32H,10-13,16-17,31H2,1-3H3,(H,34,35);1H4. The molecule has 1 fully saturated rings. The molecule has 1 saturated heterocycles. The highest BCUT2D eigenvalue weighted by Crippen LogP contribution is 2.46. The van der Waals surface area contributed by atoms with Gasteiger partial charge in [-0.25, -0.2) is 9.59 Å². The van der Waals surface area contributed by atoms with Gasteiger partial charge < -0.3 is 25.6 Å². The Morgan fingerprint density at radius 3 is 2.54 bits per heavy atom. The summed E-state index contributed by atoms with van der Waals surface area (Å²) in [5, 5.41) is 12.9. The summed E-state index contributed by atoms with van der Waals surface area (Å²) in [7, 11) is 0. The molecule has 0 spiro atoms. The molecule has 3 aromatic rings. The molecule has 0 amide bonds. The van der Waals surface area contributed by atoms with Gasteiger partial charge in [0.1, 0.15) is 10.6 Å². The zero-order valence-electron chi connectivity index (χ0n) is 22.7. The molecule has 1 aliphatic heterocycles. The number of carbonyl (C=O) groups excluding carboxylic acids is 1. The normalized spacial score (nSPS) is 14.2. The third kappa shape index (κ3) is 9.29. The first-order valence-electron chi connectivity index (χ1n) is 13.0. The average molecular weight is 620 g/mol. The predicted octanol–water partition coefficient (Wildman–Crippen LogP) is 7.43. The number of hydrogen-bond donors (Lipinski definition) is 3. The third-order valence-electron chi connectivity index (χ3n) is 6.05. The minimum Gasteiger partial charge on any atom is -0.479 e. The highest BCUT2D eigenvalue weighted by atomic mass is 35.5. The first kappa shape index (κ1) is 32.6. The van der Waals surface area contributed by atoms with Crippen LogP contribution in [0.4, 0.5) is 11.4 Å². The van der Waals surface area contributed by atoms with Crippen LogP contribution in [-0.2, 0) is 15.3 Å². The lowest BCUT2D eigenvalue weighted by atomic mass is 10.1. The lowest BCUT2D eigenvalue weighted by Gasteiger charge is -2.32. The molecule has 4 rings (SSSR count). The summed E-state index contributed by atoms with van der Waals surface area (Å²) in [6.07, 6.45) is 2.01. The molecule has 4 N–H and O–H groups in total. The summed E-state index contributed by atoms with van der Waals surface area (Å²) < 4.78 is 13.4. The monoisotopic (exact) mass is 619 g/mol. The molecule has 222 valence electrons. The Morgan fingerprint density at radius 1 is 1.17 bits per heavy atom. The number of carbonyl (C=O) groups is 2. The van der Waals surface area contributed by atoms with Crippen LogP contribution in [0.15, 0.2) is 48.5 Å². The second kappa shape index (κ2) is 14.3. The van der Waals surface area contributed by atoms with Crippen LogP contribution in [0, 0.1) is 0 Å². The van der Waals surface area contributed by atoms with Crippen LogP contribution in [0.5, 0.6) is 5.75 Å². The number of nitrogens with zero attached hydrogens (tertiary/aromatic N) is 1. The van der Waals surface area contributed by atoms with Gasteiger partial charge >= 0.3 is 11.9 Å². The van der Waals surface area contributed by atoms with E-state index in [9.17, 15) is 9.59 Å². The van der Waals surface area contributed by atoms with Gasteiger partial charge in [0.15, 0.2) is 17.2 Å². The van der Waals surface area contributed by atoms with E-state index in [4.69, 9.17) is 31.9 Å². The van der Waals surface area contributed by atoms with Crippen molar-refractivity contribution in [2.75, 3.05) is 30.7 Å². The molecule has 1 aromatic heterocycles. The summed E-state index contributed by atoms with van der Waals surface area (Å²) in [5.74, 6) is -0.851. The van der Waals surface area contributed by atoms with E-state index in [0.29, 0.717) is 10.9 Å². The number of ether oxygens (including phenoxy) is 2. The van der Waals surface area contributed by atoms with E-state index < -0.39 is 24.1 Å². The molecule has 2 aromatic carbocycles. The zero-order chi connectivity index (χ0) is 28.9. The zero-order valence-corrected chi connectivity index (χ0v) is 25.1. The van der Waals surface area contributed by atoms with Crippen molar-refractivity contribution in [1.29, 1.82) is 0 Å². The lowest BCUT2D eigenvalue weighted by molar-refractivity contribution is -0.139. The number of esters is 1. The second-order valence-electron chi connectivity index (χ2n) is 10.5. The number of nitrogens with two attached hydrogens (primary N) is 1. The molecular formula is C30H38ClN3O5S2. The van der Waals surface area contributed by atoms with Gasteiger partial charge in [-0.2, -0.15) is 0 Å². The minimum absolute atomic E-state index is 0. The Bertz CT molecular complexity index is 1350. The summed E-state index contributed by atoms with van der Waals surface area (Å²) in [6, 6.07) is 16.1. The van der Waals surface area contributed by atoms with Crippen LogP contribution in [-0.4, -0.2) is 52.7 Å². The predicted molar refractivity (Wildman–Crippen MR) is 170 cm³/mol. The molecule has 0 atom stereocenters. The maximum atomic E-state index is 12.9. The molecule has 1 aliphatic rings. The van der Waals surface area contributed by atoms with E-state index in [1.165, 1.54) is 5.56 Å². The van der Waals surface area contributed by atoms with Crippen LogP contribution >= 0.6 is 34.9 Å². The molecular weight excluding hydrogens is 582 g/mol. The molecule has 8 nitrogen and oxygen atoms in total. The molecule has 41 heavy (non-hydrogen) atoms. The van der Waals surface area contributed by atoms with Crippen molar-refractivity contribution >= 4 is 58.2 Å². The van der Waals surface area contributed by atoms with E-state index in [1.54, 1.807) is 20.8 Å². The van der Waals surface area contributed by atoms with Gasteiger partial charge in [0, 0.05) is 36.3 Å². The number of carboxylic acid groups (broad SMARTS) is 1. The molecule has 0 bridgehead atoms. The largest absolute Gasteiger partial charge is 0.479 e. The van der Waals surface area contributed by atoms with Crippen LogP contribution in [0.1, 0.15) is 56.3 Å². The third-order valence-corrected chi connectivity index (χ3v) is 8.91. The SMILES string of the molecule is C.CC(C)(C)OC(=O)c1sc(-c2cccc(NC3CCN(SCc4cccc(N)c4)CC3)c2)c(Cl)c1OCC(=O)O. The summed E-state index contributed by atoms with van der Waals surface area (Å²) in [5.41, 5.74) is 8.92. The van der Waals surface area contributed by atoms with Crippen molar-refractivity contribution in [3.05, 3.63) is 64.0 Å². The van der Waals surface area contributed by atoms with Gasteiger partial charge in [-0.3, -0.25) is 4.31 Å². The van der Waals surface area contributed by atoms with E-state index >= 15 is 0 Å². The fraction of sp³-hybridized carbons (Fsp3) is 0.400. The van der Waals surface area contributed by atoms with Crippen LogP contribution in [0.3, 0.4) is 0 Å². The smallest absolute Gasteiger partial charge is 0.352 e. The summed E-state index contributed by atoms with van der Waals surface area (Å²) in [6.45, 7) is 6.61. The number of halogens is 1. The van der Waals surface area contributed by atoms with Crippen LogP contribution in [0.2, 0.25) is 5.02 Å². The van der Waals surface area contributed by atoms with E-state index in [0.717, 1.165) is 60.0 Å². The Labute approximate surface area is 255 Å². The van der Waals surface area contributed by atoms with Crippen molar-refractivity contribution in [3.8, 4) is 16.2 Å². The van der Waals surface area contributed by atoms with E-state index in [1.807, 2.05) is 54.4 Å². The average Bonchev–Trinajstić information content (AvgIpc) is 3.22. The highest BCUT2D eigenvalue weighted by Gasteiger charge is 2.29. The summed E-state index contributed by atoms with van der Waals surface area (Å²) >= 11 is 9.62. The molecule has 0 radical (unpaired) electrons. The molecule has 0 saturated carbocycles. The van der Waals surface area contributed by atoms with Crippen molar-refractivity contribution in [2.45, 2.75) is 58.4 Å². The van der Waals surface area contributed by atoms with E-state index in [2.05, 4.69) is 15.7 Å². The number of aliphatic carboxylic acids is 1. The molecule has 0 aliphatic carbocycles. The highest BCUT2D eigenvalue weighted by molar-refractivity contribution is 7.96. The molecule has 11 heteroatoms. The molecule has 2 heterocycles. The Kier molecular flexibility index (Phi) is 11.4. The van der Waals surface area contributed by atoms with Gasteiger partial charge in [0.05, 0.1) is 4.88 Å².